The van der Waals surface area contributed by atoms with Gasteiger partial charge in [-0.25, -0.2) is 0 Å². The third kappa shape index (κ3) is 3.23. The fourth-order valence-corrected chi connectivity index (χ4v) is 2.95. The zero-order valence-electron chi connectivity index (χ0n) is 10.0. The summed E-state index contributed by atoms with van der Waals surface area (Å²) in [6.45, 7) is 0. The molecule has 0 fully saturated rings. The monoisotopic (exact) mass is 360 g/mol. The second kappa shape index (κ2) is 6.14. The molecule has 0 saturated carbocycles. The Hall–Kier alpha value is -0.740. The van der Waals surface area contributed by atoms with Gasteiger partial charge < -0.3 is 9.84 Å². The Balaban J connectivity index is 2.48. The average Bonchev–Trinajstić information content (AvgIpc) is 2.38. The molecule has 0 aromatic heterocycles. The molecule has 1 N–H and O–H groups in total. The van der Waals surface area contributed by atoms with Crippen LogP contribution in [-0.2, 0) is 0 Å². The van der Waals surface area contributed by atoms with Crippen LogP contribution in [0, 0.1) is 0 Å². The second-order valence-electron chi connectivity index (χ2n) is 3.96. The summed E-state index contributed by atoms with van der Waals surface area (Å²) in [6, 6.07) is 10.4. The van der Waals surface area contributed by atoms with E-state index >= 15 is 0 Å². The molecule has 0 amide bonds. The number of rotatable bonds is 3. The predicted molar refractivity (Wildman–Crippen MR) is 81.2 cm³/mol. The molecule has 0 aliphatic heterocycles. The summed E-state index contributed by atoms with van der Waals surface area (Å²) in [5, 5.41) is 11.6. The van der Waals surface area contributed by atoms with Gasteiger partial charge in [0.1, 0.15) is 11.9 Å². The van der Waals surface area contributed by atoms with Gasteiger partial charge >= 0.3 is 0 Å². The van der Waals surface area contributed by atoms with Gasteiger partial charge in [0, 0.05) is 15.6 Å². The Morgan fingerprint density at radius 2 is 1.74 bits per heavy atom. The third-order valence-corrected chi connectivity index (χ3v) is 3.78. The molecular formula is C14H11BrCl2O2. The van der Waals surface area contributed by atoms with Crippen LogP contribution in [0.4, 0.5) is 0 Å². The van der Waals surface area contributed by atoms with E-state index in [1.165, 1.54) is 0 Å². The summed E-state index contributed by atoms with van der Waals surface area (Å²) in [5.74, 6) is 0.562. The molecule has 0 aliphatic rings. The van der Waals surface area contributed by atoms with Crippen molar-refractivity contribution in [2.75, 3.05) is 7.11 Å². The minimum Gasteiger partial charge on any atom is -0.495 e. The summed E-state index contributed by atoms with van der Waals surface area (Å²) in [6.07, 6.45) is -0.831. The molecule has 100 valence electrons. The second-order valence-corrected chi connectivity index (χ2v) is 5.69. The number of hydrogen-bond donors (Lipinski definition) is 1. The molecule has 0 aliphatic carbocycles. The molecule has 2 aromatic rings. The minimum atomic E-state index is -0.831. The molecule has 0 bridgehead atoms. The fourth-order valence-electron chi connectivity index (χ4n) is 1.82. The standard InChI is InChI=1S/C14H11BrCl2O2/c1-19-14-11(6-10(17)7-12(14)15)13(18)8-2-4-9(16)5-3-8/h2-7,13,18H,1H3. The molecule has 19 heavy (non-hydrogen) atoms. The first-order valence-corrected chi connectivity index (χ1v) is 7.04. The maximum atomic E-state index is 10.4. The van der Waals surface area contributed by atoms with Crippen LogP contribution in [0.5, 0.6) is 5.75 Å². The lowest BCUT2D eigenvalue weighted by Gasteiger charge is -2.17. The first-order valence-electron chi connectivity index (χ1n) is 5.49. The van der Waals surface area contributed by atoms with Gasteiger partial charge in [-0.2, -0.15) is 0 Å². The van der Waals surface area contributed by atoms with Crippen LogP contribution in [0.1, 0.15) is 17.2 Å². The van der Waals surface area contributed by atoms with E-state index in [1.54, 1.807) is 43.5 Å². The molecule has 5 heteroatoms. The normalized spacial score (nSPS) is 12.3. The van der Waals surface area contributed by atoms with Crippen molar-refractivity contribution < 1.29 is 9.84 Å². The first kappa shape index (κ1) is 14.7. The van der Waals surface area contributed by atoms with E-state index in [-0.39, 0.29) is 0 Å². The smallest absolute Gasteiger partial charge is 0.139 e. The first-order chi connectivity index (χ1) is 9.02. The Morgan fingerprint density at radius 3 is 2.32 bits per heavy atom. The van der Waals surface area contributed by atoms with E-state index < -0.39 is 6.10 Å². The summed E-state index contributed by atoms with van der Waals surface area (Å²) in [7, 11) is 1.55. The van der Waals surface area contributed by atoms with Gasteiger partial charge in [-0.05, 0) is 45.8 Å². The maximum absolute atomic E-state index is 10.4. The van der Waals surface area contributed by atoms with Gasteiger partial charge in [0.2, 0.25) is 0 Å². The lowest BCUT2D eigenvalue weighted by molar-refractivity contribution is 0.214. The van der Waals surface area contributed by atoms with Gasteiger partial charge in [-0.15, -0.1) is 0 Å². The van der Waals surface area contributed by atoms with Crippen LogP contribution in [0.3, 0.4) is 0 Å². The van der Waals surface area contributed by atoms with Gasteiger partial charge in [0.15, 0.2) is 0 Å². The lowest BCUT2D eigenvalue weighted by Crippen LogP contribution is -2.03. The van der Waals surface area contributed by atoms with Crippen molar-refractivity contribution in [2.24, 2.45) is 0 Å². The van der Waals surface area contributed by atoms with E-state index in [1.807, 2.05) is 0 Å². The van der Waals surface area contributed by atoms with Crippen molar-refractivity contribution in [3.05, 3.63) is 62.0 Å². The Morgan fingerprint density at radius 1 is 1.11 bits per heavy atom. The van der Waals surface area contributed by atoms with Crippen LogP contribution < -0.4 is 4.74 Å². The fraction of sp³-hybridized carbons (Fsp3) is 0.143. The van der Waals surface area contributed by atoms with Gasteiger partial charge in [-0.1, -0.05) is 35.3 Å². The van der Waals surface area contributed by atoms with Crippen molar-refractivity contribution >= 4 is 39.1 Å². The van der Waals surface area contributed by atoms with Crippen LogP contribution in [0.15, 0.2) is 40.9 Å². The molecule has 2 aromatic carbocycles. The predicted octanol–water partition coefficient (Wildman–Crippen LogP) is 4.85. The van der Waals surface area contributed by atoms with Crippen molar-refractivity contribution in [1.29, 1.82) is 0 Å². The van der Waals surface area contributed by atoms with Gasteiger partial charge in [0.25, 0.3) is 0 Å². The highest BCUT2D eigenvalue weighted by Gasteiger charge is 2.18. The summed E-state index contributed by atoms with van der Waals surface area (Å²) in [5.41, 5.74) is 1.32. The molecule has 0 saturated heterocycles. The maximum Gasteiger partial charge on any atom is 0.139 e. The van der Waals surface area contributed by atoms with Crippen LogP contribution in [0.25, 0.3) is 0 Å². The van der Waals surface area contributed by atoms with Crippen molar-refractivity contribution in [3.8, 4) is 5.75 Å². The van der Waals surface area contributed by atoms with Crippen molar-refractivity contribution in [1.82, 2.24) is 0 Å². The third-order valence-electron chi connectivity index (χ3n) is 2.72. The molecule has 1 unspecified atom stereocenters. The zero-order chi connectivity index (χ0) is 14.0. The van der Waals surface area contributed by atoms with Crippen molar-refractivity contribution in [2.45, 2.75) is 6.10 Å². The lowest BCUT2D eigenvalue weighted by atomic mass is 10.0. The molecule has 0 heterocycles. The number of ether oxygens (including phenoxy) is 1. The topological polar surface area (TPSA) is 29.5 Å². The minimum absolute atomic E-state index is 0.524. The molecular weight excluding hydrogens is 351 g/mol. The highest BCUT2D eigenvalue weighted by Crippen LogP contribution is 2.38. The van der Waals surface area contributed by atoms with Gasteiger partial charge in [0.05, 0.1) is 11.6 Å². The number of methoxy groups -OCH3 is 1. The Labute approximate surface area is 130 Å². The van der Waals surface area contributed by atoms with E-state index in [2.05, 4.69) is 15.9 Å². The number of hydrogen-bond acceptors (Lipinski definition) is 2. The number of benzene rings is 2. The molecule has 0 spiro atoms. The largest absolute Gasteiger partial charge is 0.495 e. The van der Waals surface area contributed by atoms with E-state index in [4.69, 9.17) is 27.9 Å². The van der Waals surface area contributed by atoms with E-state index in [0.29, 0.717) is 25.8 Å². The van der Waals surface area contributed by atoms with E-state index in [0.717, 1.165) is 5.56 Å². The average molecular weight is 362 g/mol. The molecule has 2 rings (SSSR count). The van der Waals surface area contributed by atoms with Crippen LogP contribution in [0.2, 0.25) is 10.0 Å². The number of aliphatic hydroxyl groups excluding tert-OH is 1. The van der Waals surface area contributed by atoms with Crippen LogP contribution in [-0.4, -0.2) is 12.2 Å². The molecule has 2 nitrogen and oxygen atoms in total. The summed E-state index contributed by atoms with van der Waals surface area (Å²) < 4.78 is 6.01. The summed E-state index contributed by atoms with van der Waals surface area (Å²) in [4.78, 5) is 0. The quantitative estimate of drug-likeness (QED) is 0.846. The van der Waals surface area contributed by atoms with E-state index in [9.17, 15) is 5.11 Å². The summed E-state index contributed by atoms with van der Waals surface area (Å²) >= 11 is 15.2. The highest BCUT2D eigenvalue weighted by atomic mass is 79.9. The highest BCUT2D eigenvalue weighted by molar-refractivity contribution is 9.10. The zero-order valence-corrected chi connectivity index (χ0v) is 13.1. The van der Waals surface area contributed by atoms with Crippen molar-refractivity contribution in [3.63, 3.8) is 0 Å². The Bertz CT molecular complexity index is 585. The van der Waals surface area contributed by atoms with Crippen LogP contribution >= 0.6 is 39.1 Å². The SMILES string of the molecule is COc1c(Br)cc(Cl)cc1C(O)c1ccc(Cl)cc1. The number of halogens is 3. The molecule has 1 atom stereocenters. The molecule has 0 radical (unpaired) electrons. The van der Waals surface area contributed by atoms with Gasteiger partial charge in [-0.3, -0.25) is 0 Å². The Kier molecular flexibility index (Phi) is 4.74. The number of aliphatic hydroxyl groups is 1.